The zero-order chi connectivity index (χ0) is 15.6. The Morgan fingerprint density at radius 1 is 1.09 bits per heavy atom. The van der Waals surface area contributed by atoms with Crippen LogP contribution >= 0.6 is 0 Å². The van der Waals surface area contributed by atoms with Crippen LogP contribution in [-0.4, -0.2) is 12.7 Å². The number of fused-ring (bicyclic) bond motifs is 1. The Hall–Kier alpha value is -1.96. The molecule has 0 bridgehead atoms. The van der Waals surface area contributed by atoms with Gasteiger partial charge in [-0.1, -0.05) is 30.3 Å². The Labute approximate surface area is 133 Å². The third kappa shape index (κ3) is 3.27. The van der Waals surface area contributed by atoms with Crippen molar-refractivity contribution in [2.45, 2.75) is 45.1 Å². The van der Waals surface area contributed by atoms with Crippen LogP contribution in [0.1, 0.15) is 37.0 Å². The van der Waals surface area contributed by atoms with Crippen LogP contribution in [0, 0.1) is 0 Å². The van der Waals surface area contributed by atoms with Gasteiger partial charge in [0.15, 0.2) is 0 Å². The van der Waals surface area contributed by atoms with Gasteiger partial charge in [0.1, 0.15) is 17.1 Å². The molecule has 0 spiro atoms. The van der Waals surface area contributed by atoms with E-state index in [0.29, 0.717) is 0 Å². The molecule has 2 heteroatoms. The first-order valence-corrected chi connectivity index (χ1v) is 8.00. The van der Waals surface area contributed by atoms with E-state index in [1.165, 1.54) is 16.7 Å². The molecule has 0 amide bonds. The van der Waals surface area contributed by atoms with Gasteiger partial charge in [0.2, 0.25) is 0 Å². The molecule has 0 atom stereocenters. The van der Waals surface area contributed by atoms with Gasteiger partial charge in [-0.3, -0.25) is 0 Å². The summed E-state index contributed by atoms with van der Waals surface area (Å²) < 4.78 is 11.6. The maximum absolute atomic E-state index is 6.17. The van der Waals surface area contributed by atoms with Crippen molar-refractivity contribution in [1.29, 1.82) is 0 Å². The normalized spacial score (nSPS) is 15.8. The van der Waals surface area contributed by atoms with Crippen LogP contribution in [-0.2, 0) is 19.3 Å². The number of methoxy groups -OCH3 is 1. The average molecular weight is 296 g/mol. The highest BCUT2D eigenvalue weighted by molar-refractivity contribution is 5.48. The van der Waals surface area contributed by atoms with Gasteiger partial charge in [-0.25, -0.2) is 0 Å². The molecule has 0 fully saturated rings. The fourth-order valence-corrected chi connectivity index (χ4v) is 3.09. The van der Waals surface area contributed by atoms with Crippen molar-refractivity contribution >= 4 is 0 Å². The molecule has 0 N–H and O–H groups in total. The van der Waals surface area contributed by atoms with E-state index in [4.69, 9.17) is 9.47 Å². The molecule has 1 aliphatic heterocycles. The van der Waals surface area contributed by atoms with Crippen molar-refractivity contribution in [3.8, 4) is 11.5 Å². The lowest BCUT2D eigenvalue weighted by Crippen LogP contribution is -2.33. The van der Waals surface area contributed by atoms with Crippen LogP contribution in [0.2, 0.25) is 0 Å². The summed E-state index contributed by atoms with van der Waals surface area (Å²) in [5, 5.41) is 0. The molecule has 116 valence electrons. The summed E-state index contributed by atoms with van der Waals surface area (Å²) in [5.41, 5.74) is 4.00. The molecular formula is C20H24O2. The average Bonchev–Trinajstić information content (AvgIpc) is 2.52. The minimum Gasteiger partial charge on any atom is -0.497 e. The predicted octanol–water partition coefficient (Wildman–Crippen LogP) is 4.58. The number of hydrogen-bond donors (Lipinski definition) is 0. The number of ether oxygens (including phenoxy) is 2. The van der Waals surface area contributed by atoms with Gasteiger partial charge in [-0.05, 0) is 62.3 Å². The standard InChI is InChI=1S/C20H24O2/c1-20(2)12-11-18-16(10-9-15-7-5-4-6-8-15)13-17(21-3)14-19(18)22-20/h4-8,13-14H,9-12H2,1-3H3. The Kier molecular flexibility index (Phi) is 4.10. The third-order valence-corrected chi connectivity index (χ3v) is 4.40. The van der Waals surface area contributed by atoms with Crippen molar-refractivity contribution in [3.63, 3.8) is 0 Å². The third-order valence-electron chi connectivity index (χ3n) is 4.40. The number of rotatable bonds is 4. The number of aryl methyl sites for hydroxylation is 2. The highest BCUT2D eigenvalue weighted by Crippen LogP contribution is 2.38. The summed E-state index contributed by atoms with van der Waals surface area (Å²) in [6.45, 7) is 4.30. The lowest BCUT2D eigenvalue weighted by molar-refractivity contribution is 0.0840. The summed E-state index contributed by atoms with van der Waals surface area (Å²) >= 11 is 0. The minimum absolute atomic E-state index is 0.0872. The fraction of sp³-hybridized carbons (Fsp3) is 0.400. The zero-order valence-corrected chi connectivity index (χ0v) is 13.7. The van der Waals surface area contributed by atoms with Gasteiger partial charge < -0.3 is 9.47 Å². The molecule has 0 saturated heterocycles. The first-order valence-electron chi connectivity index (χ1n) is 8.00. The quantitative estimate of drug-likeness (QED) is 0.822. The Balaban J connectivity index is 1.87. The molecule has 0 radical (unpaired) electrons. The summed E-state index contributed by atoms with van der Waals surface area (Å²) in [7, 11) is 1.72. The molecule has 3 rings (SSSR count). The largest absolute Gasteiger partial charge is 0.497 e. The van der Waals surface area contributed by atoms with E-state index < -0.39 is 0 Å². The number of hydrogen-bond acceptors (Lipinski definition) is 2. The summed E-state index contributed by atoms with van der Waals surface area (Å²) in [4.78, 5) is 0. The zero-order valence-electron chi connectivity index (χ0n) is 13.7. The molecule has 0 aliphatic carbocycles. The van der Waals surface area contributed by atoms with Crippen LogP contribution in [0.15, 0.2) is 42.5 Å². The maximum Gasteiger partial charge on any atom is 0.127 e. The van der Waals surface area contributed by atoms with Gasteiger partial charge in [-0.2, -0.15) is 0 Å². The topological polar surface area (TPSA) is 18.5 Å². The number of benzene rings is 2. The van der Waals surface area contributed by atoms with Crippen molar-refractivity contribution < 1.29 is 9.47 Å². The van der Waals surface area contributed by atoms with Gasteiger partial charge in [-0.15, -0.1) is 0 Å². The van der Waals surface area contributed by atoms with E-state index in [9.17, 15) is 0 Å². The van der Waals surface area contributed by atoms with Crippen LogP contribution in [0.3, 0.4) is 0 Å². The van der Waals surface area contributed by atoms with E-state index in [-0.39, 0.29) is 5.60 Å². The van der Waals surface area contributed by atoms with Crippen molar-refractivity contribution in [2.75, 3.05) is 7.11 Å². The maximum atomic E-state index is 6.17. The van der Waals surface area contributed by atoms with Crippen molar-refractivity contribution in [3.05, 3.63) is 59.2 Å². The molecule has 0 unspecified atom stereocenters. The van der Waals surface area contributed by atoms with E-state index >= 15 is 0 Å². The second-order valence-electron chi connectivity index (χ2n) is 6.61. The van der Waals surface area contributed by atoms with Gasteiger partial charge in [0, 0.05) is 6.07 Å². The van der Waals surface area contributed by atoms with E-state index in [2.05, 4.69) is 50.2 Å². The van der Waals surface area contributed by atoms with Crippen molar-refractivity contribution in [1.82, 2.24) is 0 Å². The SMILES string of the molecule is COc1cc(CCc2ccccc2)c2c(c1)OC(C)(C)CC2. The molecule has 2 aromatic rings. The molecule has 0 saturated carbocycles. The van der Waals surface area contributed by atoms with E-state index in [1.54, 1.807) is 7.11 Å². The van der Waals surface area contributed by atoms with E-state index in [0.717, 1.165) is 37.2 Å². The minimum atomic E-state index is -0.0872. The molecule has 2 aromatic carbocycles. The molecule has 1 heterocycles. The first kappa shape index (κ1) is 15.0. The molecule has 0 aromatic heterocycles. The lowest BCUT2D eigenvalue weighted by atomic mass is 9.89. The summed E-state index contributed by atoms with van der Waals surface area (Å²) in [6.07, 6.45) is 4.21. The Morgan fingerprint density at radius 2 is 1.86 bits per heavy atom. The second-order valence-corrected chi connectivity index (χ2v) is 6.61. The van der Waals surface area contributed by atoms with Crippen LogP contribution < -0.4 is 9.47 Å². The first-order chi connectivity index (χ1) is 10.6. The summed E-state index contributed by atoms with van der Waals surface area (Å²) in [6, 6.07) is 14.8. The Morgan fingerprint density at radius 3 is 2.59 bits per heavy atom. The molecule has 1 aliphatic rings. The molecule has 2 nitrogen and oxygen atoms in total. The highest BCUT2D eigenvalue weighted by atomic mass is 16.5. The van der Waals surface area contributed by atoms with Gasteiger partial charge >= 0.3 is 0 Å². The Bertz CT molecular complexity index is 644. The van der Waals surface area contributed by atoms with Crippen LogP contribution in [0.25, 0.3) is 0 Å². The van der Waals surface area contributed by atoms with Crippen LogP contribution in [0.4, 0.5) is 0 Å². The van der Waals surface area contributed by atoms with E-state index in [1.807, 2.05) is 6.07 Å². The molecule has 22 heavy (non-hydrogen) atoms. The lowest BCUT2D eigenvalue weighted by Gasteiger charge is -2.34. The van der Waals surface area contributed by atoms with Gasteiger partial charge in [0.05, 0.1) is 7.11 Å². The fourth-order valence-electron chi connectivity index (χ4n) is 3.09. The van der Waals surface area contributed by atoms with Crippen LogP contribution in [0.5, 0.6) is 11.5 Å². The van der Waals surface area contributed by atoms with Crippen molar-refractivity contribution in [2.24, 2.45) is 0 Å². The monoisotopic (exact) mass is 296 g/mol. The summed E-state index contributed by atoms with van der Waals surface area (Å²) in [5.74, 6) is 1.89. The van der Waals surface area contributed by atoms with Gasteiger partial charge in [0.25, 0.3) is 0 Å². The second kappa shape index (κ2) is 6.04. The molecular weight excluding hydrogens is 272 g/mol. The highest BCUT2D eigenvalue weighted by Gasteiger charge is 2.28. The predicted molar refractivity (Wildman–Crippen MR) is 89.9 cm³/mol. The smallest absolute Gasteiger partial charge is 0.127 e.